The zero-order chi connectivity index (χ0) is 12.6. The van der Waals surface area contributed by atoms with Crippen molar-refractivity contribution in [2.75, 3.05) is 0 Å². The minimum absolute atomic E-state index is 0.217. The SMILES string of the molecule is O=C(C(Br)Cc1c(Cl)cc(Cl)cc1Cl)C1CC1. The second kappa shape index (κ2) is 5.48. The fourth-order valence-electron chi connectivity index (χ4n) is 1.67. The van der Waals surface area contributed by atoms with Gasteiger partial charge in [-0.1, -0.05) is 50.7 Å². The molecule has 0 aliphatic heterocycles. The summed E-state index contributed by atoms with van der Waals surface area (Å²) >= 11 is 21.4. The van der Waals surface area contributed by atoms with Crippen LogP contribution in [-0.2, 0) is 11.2 Å². The molecule has 5 heteroatoms. The highest BCUT2D eigenvalue weighted by Gasteiger charge is 2.34. The normalized spacial score (nSPS) is 16.9. The van der Waals surface area contributed by atoms with Gasteiger partial charge in [0.2, 0.25) is 0 Å². The molecule has 1 nitrogen and oxygen atoms in total. The van der Waals surface area contributed by atoms with Gasteiger partial charge in [-0.3, -0.25) is 4.79 Å². The van der Waals surface area contributed by atoms with Crippen LogP contribution in [0.4, 0.5) is 0 Å². The van der Waals surface area contributed by atoms with Crippen LogP contribution in [0.3, 0.4) is 0 Å². The number of carbonyl (C=O) groups is 1. The van der Waals surface area contributed by atoms with Crippen molar-refractivity contribution in [2.45, 2.75) is 24.1 Å². The van der Waals surface area contributed by atoms with Crippen molar-refractivity contribution in [3.63, 3.8) is 0 Å². The van der Waals surface area contributed by atoms with Gasteiger partial charge >= 0.3 is 0 Å². The Labute approximate surface area is 124 Å². The van der Waals surface area contributed by atoms with Gasteiger partial charge < -0.3 is 0 Å². The molecule has 17 heavy (non-hydrogen) atoms. The Hall–Kier alpha value is 0.240. The Kier molecular flexibility index (Phi) is 4.40. The summed E-state index contributed by atoms with van der Waals surface area (Å²) in [7, 11) is 0. The maximum Gasteiger partial charge on any atom is 0.149 e. The average Bonchev–Trinajstić information content (AvgIpc) is 3.05. The zero-order valence-corrected chi connectivity index (χ0v) is 12.7. The van der Waals surface area contributed by atoms with E-state index in [4.69, 9.17) is 34.8 Å². The predicted molar refractivity (Wildman–Crippen MR) is 75.6 cm³/mol. The summed E-state index contributed by atoms with van der Waals surface area (Å²) in [6.45, 7) is 0. The lowest BCUT2D eigenvalue weighted by Crippen LogP contribution is -2.18. The third-order valence-corrected chi connectivity index (χ3v) is 4.45. The van der Waals surface area contributed by atoms with Crippen LogP contribution in [0.5, 0.6) is 0 Å². The van der Waals surface area contributed by atoms with Crippen molar-refractivity contribution < 1.29 is 4.79 Å². The first-order valence-electron chi connectivity index (χ1n) is 5.30. The Morgan fingerprint density at radius 3 is 2.29 bits per heavy atom. The van der Waals surface area contributed by atoms with E-state index in [1.54, 1.807) is 12.1 Å². The van der Waals surface area contributed by atoms with Crippen molar-refractivity contribution >= 4 is 56.5 Å². The van der Waals surface area contributed by atoms with E-state index in [2.05, 4.69) is 15.9 Å². The molecule has 92 valence electrons. The Morgan fingerprint density at radius 2 is 1.82 bits per heavy atom. The summed E-state index contributed by atoms with van der Waals surface area (Å²) in [6, 6.07) is 3.29. The third kappa shape index (κ3) is 3.37. The molecular formula is C12H10BrCl3O. The minimum Gasteiger partial charge on any atom is -0.298 e. The van der Waals surface area contributed by atoms with Crippen LogP contribution in [-0.4, -0.2) is 10.6 Å². The first-order chi connectivity index (χ1) is 7.99. The molecule has 0 aromatic heterocycles. The lowest BCUT2D eigenvalue weighted by atomic mass is 10.1. The van der Waals surface area contributed by atoms with E-state index in [0.717, 1.165) is 18.4 Å². The van der Waals surface area contributed by atoms with Gasteiger partial charge in [-0.15, -0.1) is 0 Å². The second-order valence-electron chi connectivity index (χ2n) is 4.20. The minimum atomic E-state index is -0.217. The largest absolute Gasteiger partial charge is 0.298 e. The van der Waals surface area contributed by atoms with Crippen molar-refractivity contribution in [2.24, 2.45) is 5.92 Å². The highest BCUT2D eigenvalue weighted by atomic mass is 79.9. The van der Waals surface area contributed by atoms with E-state index in [9.17, 15) is 4.79 Å². The summed E-state index contributed by atoms with van der Waals surface area (Å²) in [5, 5.41) is 1.52. The molecule has 0 radical (unpaired) electrons. The van der Waals surface area contributed by atoms with Crippen LogP contribution in [0, 0.1) is 5.92 Å². The fourth-order valence-corrected chi connectivity index (χ4v) is 3.34. The van der Waals surface area contributed by atoms with Gasteiger partial charge in [0.05, 0.1) is 4.83 Å². The number of benzene rings is 1. The molecule has 1 aliphatic carbocycles. The number of alkyl halides is 1. The molecule has 1 aromatic carbocycles. The first-order valence-corrected chi connectivity index (χ1v) is 7.35. The second-order valence-corrected chi connectivity index (χ2v) is 6.55. The molecule has 0 spiro atoms. The number of rotatable bonds is 4. The molecule has 0 saturated heterocycles. The number of hydrogen-bond acceptors (Lipinski definition) is 1. The fraction of sp³-hybridized carbons (Fsp3) is 0.417. The predicted octanol–water partition coefficient (Wildman–Crippen LogP) is 4.93. The van der Waals surface area contributed by atoms with Crippen molar-refractivity contribution in [1.29, 1.82) is 0 Å². The number of ketones is 1. The van der Waals surface area contributed by atoms with Gasteiger partial charge in [0, 0.05) is 21.0 Å². The van der Waals surface area contributed by atoms with E-state index >= 15 is 0 Å². The van der Waals surface area contributed by atoms with Gasteiger partial charge in [-0.25, -0.2) is 0 Å². The van der Waals surface area contributed by atoms with Crippen LogP contribution in [0.2, 0.25) is 15.1 Å². The maximum atomic E-state index is 11.8. The number of Topliss-reactive ketones (excluding diaryl/α,β-unsaturated/α-hetero) is 1. The highest BCUT2D eigenvalue weighted by Crippen LogP contribution is 2.36. The van der Waals surface area contributed by atoms with Crippen molar-refractivity contribution in [1.82, 2.24) is 0 Å². The summed E-state index contributed by atoms with van der Waals surface area (Å²) in [5.41, 5.74) is 0.772. The number of hydrogen-bond donors (Lipinski definition) is 0. The molecule has 0 amide bonds. The van der Waals surface area contributed by atoms with Gasteiger partial charge in [-0.2, -0.15) is 0 Å². The zero-order valence-electron chi connectivity index (χ0n) is 8.85. The smallest absolute Gasteiger partial charge is 0.149 e. The summed E-state index contributed by atoms with van der Waals surface area (Å²) in [5.74, 6) is 0.469. The van der Waals surface area contributed by atoms with Crippen LogP contribution in [0.15, 0.2) is 12.1 Å². The lowest BCUT2D eigenvalue weighted by molar-refractivity contribution is -0.119. The van der Waals surface area contributed by atoms with Gasteiger partial charge in [0.25, 0.3) is 0 Å². The summed E-state index contributed by atoms with van der Waals surface area (Å²) in [6.07, 6.45) is 2.51. The van der Waals surface area contributed by atoms with E-state index in [1.165, 1.54) is 0 Å². The lowest BCUT2D eigenvalue weighted by Gasteiger charge is -2.11. The average molecular weight is 356 g/mol. The molecule has 2 rings (SSSR count). The molecule has 1 atom stereocenters. The summed E-state index contributed by atoms with van der Waals surface area (Å²) in [4.78, 5) is 11.6. The van der Waals surface area contributed by atoms with Crippen LogP contribution < -0.4 is 0 Å². The Bertz CT molecular complexity index is 434. The molecular weight excluding hydrogens is 346 g/mol. The van der Waals surface area contributed by atoms with Gasteiger partial charge in [0.15, 0.2) is 0 Å². The molecule has 1 aliphatic rings. The quantitative estimate of drug-likeness (QED) is 0.699. The van der Waals surface area contributed by atoms with Gasteiger partial charge in [0.1, 0.15) is 5.78 Å². The van der Waals surface area contributed by atoms with Crippen molar-refractivity contribution in [3.05, 3.63) is 32.8 Å². The molecule has 1 fully saturated rings. The molecule has 0 N–H and O–H groups in total. The molecule has 0 heterocycles. The third-order valence-electron chi connectivity index (χ3n) is 2.78. The van der Waals surface area contributed by atoms with Crippen LogP contribution in [0.25, 0.3) is 0 Å². The first kappa shape index (κ1) is 13.7. The molecule has 1 saturated carbocycles. The van der Waals surface area contributed by atoms with E-state index in [0.29, 0.717) is 21.5 Å². The van der Waals surface area contributed by atoms with E-state index in [1.807, 2.05) is 0 Å². The van der Waals surface area contributed by atoms with E-state index in [-0.39, 0.29) is 16.5 Å². The Morgan fingerprint density at radius 1 is 1.29 bits per heavy atom. The monoisotopic (exact) mass is 354 g/mol. The molecule has 1 aromatic rings. The summed E-state index contributed by atoms with van der Waals surface area (Å²) < 4.78 is 0. The van der Waals surface area contributed by atoms with Crippen LogP contribution in [0.1, 0.15) is 18.4 Å². The topological polar surface area (TPSA) is 17.1 Å². The van der Waals surface area contributed by atoms with Crippen molar-refractivity contribution in [3.8, 4) is 0 Å². The standard InChI is InChI=1S/C12H10BrCl3O/c13-9(12(17)6-1-2-6)5-8-10(15)3-7(14)4-11(8)16/h3-4,6,9H,1-2,5H2. The van der Waals surface area contributed by atoms with E-state index < -0.39 is 0 Å². The maximum absolute atomic E-state index is 11.8. The molecule has 1 unspecified atom stereocenters. The Balaban J connectivity index is 2.15. The number of carbonyl (C=O) groups excluding carboxylic acids is 1. The van der Waals surface area contributed by atoms with Gasteiger partial charge in [-0.05, 0) is 37.0 Å². The number of halogens is 4. The molecule has 0 bridgehead atoms. The van der Waals surface area contributed by atoms with Crippen LogP contribution >= 0.6 is 50.7 Å². The highest BCUT2D eigenvalue weighted by molar-refractivity contribution is 9.10.